The first kappa shape index (κ1) is 11.8. The number of hydrogen-bond acceptors (Lipinski definition) is 1. The molecule has 15 heavy (non-hydrogen) atoms. The first-order valence-corrected chi connectivity index (χ1v) is 5.37. The highest BCUT2D eigenvalue weighted by Crippen LogP contribution is 2.23. The summed E-state index contributed by atoms with van der Waals surface area (Å²) in [5.41, 5.74) is 4.08. The molecule has 0 saturated heterocycles. The van der Waals surface area contributed by atoms with Gasteiger partial charge in [-0.15, -0.1) is 12.3 Å². The molecule has 0 bridgehead atoms. The lowest BCUT2D eigenvalue weighted by molar-refractivity contribution is 0.555. The first-order chi connectivity index (χ1) is 7.20. The molecule has 0 aliphatic carbocycles. The average Bonchev–Trinajstić information content (AvgIpc) is 2.25. The van der Waals surface area contributed by atoms with Crippen LogP contribution in [0.2, 0.25) is 0 Å². The summed E-state index contributed by atoms with van der Waals surface area (Å²) in [7, 11) is 1.99. The summed E-state index contributed by atoms with van der Waals surface area (Å²) in [6.07, 6.45) is 7.12. The molecule has 1 N–H and O–H groups in total. The number of nitrogens with one attached hydrogen (secondary N) is 1. The molecule has 0 fully saturated rings. The third kappa shape index (κ3) is 2.84. The van der Waals surface area contributed by atoms with E-state index in [4.69, 9.17) is 6.42 Å². The van der Waals surface area contributed by atoms with E-state index in [-0.39, 0.29) is 0 Å². The molecule has 1 atom stereocenters. The number of benzene rings is 1. The average molecular weight is 201 g/mol. The fourth-order valence-electron chi connectivity index (χ4n) is 1.83. The highest BCUT2D eigenvalue weighted by atomic mass is 14.9. The van der Waals surface area contributed by atoms with Crippen molar-refractivity contribution >= 4 is 0 Å². The summed E-state index contributed by atoms with van der Waals surface area (Å²) in [6, 6.07) is 6.81. The lowest BCUT2D eigenvalue weighted by Crippen LogP contribution is -2.17. The first-order valence-electron chi connectivity index (χ1n) is 5.37. The van der Waals surface area contributed by atoms with Crippen molar-refractivity contribution < 1.29 is 0 Å². The van der Waals surface area contributed by atoms with E-state index in [1.807, 2.05) is 7.05 Å². The van der Waals surface area contributed by atoms with Crippen molar-refractivity contribution in [2.24, 2.45) is 0 Å². The van der Waals surface area contributed by atoms with Gasteiger partial charge < -0.3 is 5.32 Å². The monoisotopic (exact) mass is 201 g/mol. The molecule has 0 aliphatic rings. The van der Waals surface area contributed by atoms with Crippen LogP contribution in [0, 0.1) is 26.2 Å². The van der Waals surface area contributed by atoms with Crippen molar-refractivity contribution in [3.8, 4) is 12.3 Å². The molecule has 0 heterocycles. The van der Waals surface area contributed by atoms with Gasteiger partial charge in [0.15, 0.2) is 0 Å². The van der Waals surface area contributed by atoms with Crippen molar-refractivity contribution in [1.29, 1.82) is 0 Å². The molecule has 0 amide bonds. The van der Waals surface area contributed by atoms with Crippen LogP contribution >= 0.6 is 0 Å². The zero-order valence-corrected chi connectivity index (χ0v) is 9.80. The molecule has 0 aliphatic heterocycles. The molecule has 80 valence electrons. The van der Waals surface area contributed by atoms with Crippen LogP contribution < -0.4 is 5.32 Å². The molecular weight excluding hydrogens is 182 g/mol. The topological polar surface area (TPSA) is 12.0 Å². The summed E-state index contributed by atoms with van der Waals surface area (Å²) < 4.78 is 0. The Balaban J connectivity index is 2.92. The minimum Gasteiger partial charge on any atom is -0.313 e. The minimum absolute atomic E-state index is 0.376. The van der Waals surface area contributed by atoms with Crippen molar-refractivity contribution in [2.75, 3.05) is 7.05 Å². The second-order valence-electron chi connectivity index (χ2n) is 3.87. The Bertz CT molecular complexity index is 360. The summed E-state index contributed by atoms with van der Waals surface area (Å²) in [4.78, 5) is 0. The predicted molar refractivity (Wildman–Crippen MR) is 65.8 cm³/mol. The van der Waals surface area contributed by atoms with E-state index in [1.54, 1.807) is 0 Å². The van der Waals surface area contributed by atoms with E-state index in [2.05, 4.69) is 43.3 Å². The van der Waals surface area contributed by atoms with E-state index in [9.17, 15) is 0 Å². The SMILES string of the molecule is C#CCCC(NC)c1cccc(C)c1C. The molecule has 0 spiro atoms. The van der Waals surface area contributed by atoms with Crippen molar-refractivity contribution in [3.63, 3.8) is 0 Å². The summed E-state index contributed by atoms with van der Waals surface area (Å²) >= 11 is 0. The second-order valence-corrected chi connectivity index (χ2v) is 3.87. The zero-order valence-electron chi connectivity index (χ0n) is 9.80. The van der Waals surface area contributed by atoms with Gasteiger partial charge in [-0.05, 0) is 44.0 Å². The number of aryl methyl sites for hydroxylation is 1. The van der Waals surface area contributed by atoms with Gasteiger partial charge in [0.25, 0.3) is 0 Å². The van der Waals surface area contributed by atoms with Crippen molar-refractivity contribution in [2.45, 2.75) is 32.7 Å². The number of hydrogen-bond donors (Lipinski definition) is 1. The van der Waals surface area contributed by atoms with Crippen LogP contribution in [0.4, 0.5) is 0 Å². The minimum atomic E-state index is 0.376. The molecule has 1 aromatic rings. The highest BCUT2D eigenvalue weighted by molar-refractivity contribution is 5.35. The van der Waals surface area contributed by atoms with Crippen LogP contribution in [-0.2, 0) is 0 Å². The van der Waals surface area contributed by atoms with E-state index < -0.39 is 0 Å². The van der Waals surface area contributed by atoms with Crippen LogP contribution in [0.5, 0.6) is 0 Å². The van der Waals surface area contributed by atoms with Gasteiger partial charge in [-0.1, -0.05) is 18.2 Å². The smallest absolute Gasteiger partial charge is 0.0329 e. The molecule has 1 aromatic carbocycles. The maximum absolute atomic E-state index is 5.30. The van der Waals surface area contributed by atoms with Crippen molar-refractivity contribution in [1.82, 2.24) is 5.32 Å². The largest absolute Gasteiger partial charge is 0.313 e. The predicted octanol–water partition coefficient (Wildman–Crippen LogP) is 2.98. The normalized spacial score (nSPS) is 12.1. The number of terminal acetylenes is 1. The molecule has 0 saturated carbocycles. The van der Waals surface area contributed by atoms with Gasteiger partial charge in [-0.3, -0.25) is 0 Å². The van der Waals surface area contributed by atoms with Gasteiger partial charge in [0.2, 0.25) is 0 Å². The Morgan fingerprint density at radius 2 is 2.13 bits per heavy atom. The molecule has 0 aromatic heterocycles. The van der Waals surface area contributed by atoms with E-state index in [0.717, 1.165) is 12.8 Å². The Morgan fingerprint density at radius 1 is 1.40 bits per heavy atom. The van der Waals surface area contributed by atoms with Gasteiger partial charge in [-0.2, -0.15) is 0 Å². The summed E-state index contributed by atoms with van der Waals surface area (Å²) in [5.74, 6) is 2.70. The number of rotatable bonds is 4. The van der Waals surface area contributed by atoms with Gasteiger partial charge >= 0.3 is 0 Å². The Labute approximate surface area is 92.9 Å². The van der Waals surface area contributed by atoms with Crippen LogP contribution in [-0.4, -0.2) is 7.05 Å². The maximum Gasteiger partial charge on any atom is 0.0329 e. The van der Waals surface area contributed by atoms with E-state index in [1.165, 1.54) is 16.7 Å². The highest BCUT2D eigenvalue weighted by Gasteiger charge is 2.11. The Kier molecular flexibility index (Phi) is 4.39. The lowest BCUT2D eigenvalue weighted by atomic mass is 9.95. The van der Waals surface area contributed by atoms with Crippen LogP contribution in [0.15, 0.2) is 18.2 Å². The summed E-state index contributed by atoms with van der Waals surface area (Å²) in [6.45, 7) is 4.32. The molecule has 1 nitrogen and oxygen atoms in total. The molecule has 1 rings (SSSR count). The molecular formula is C14H19N. The standard InChI is InChI=1S/C14H19N/c1-5-6-10-14(15-4)13-9-7-8-11(2)12(13)3/h1,7-9,14-15H,6,10H2,2-4H3. The van der Waals surface area contributed by atoms with Gasteiger partial charge in [0, 0.05) is 12.5 Å². The van der Waals surface area contributed by atoms with E-state index in [0.29, 0.717) is 6.04 Å². The second kappa shape index (κ2) is 5.58. The third-order valence-corrected chi connectivity index (χ3v) is 2.95. The zero-order chi connectivity index (χ0) is 11.3. The van der Waals surface area contributed by atoms with Crippen LogP contribution in [0.3, 0.4) is 0 Å². The maximum atomic E-state index is 5.30. The van der Waals surface area contributed by atoms with Crippen molar-refractivity contribution in [3.05, 3.63) is 34.9 Å². The lowest BCUT2D eigenvalue weighted by Gasteiger charge is -2.19. The van der Waals surface area contributed by atoms with Gasteiger partial charge in [-0.25, -0.2) is 0 Å². The summed E-state index contributed by atoms with van der Waals surface area (Å²) in [5, 5.41) is 3.33. The molecule has 1 unspecified atom stereocenters. The fourth-order valence-corrected chi connectivity index (χ4v) is 1.83. The molecule has 1 heteroatoms. The Hall–Kier alpha value is -1.26. The third-order valence-electron chi connectivity index (χ3n) is 2.95. The Morgan fingerprint density at radius 3 is 2.73 bits per heavy atom. The van der Waals surface area contributed by atoms with Crippen LogP contribution in [0.25, 0.3) is 0 Å². The fraction of sp³-hybridized carbons (Fsp3) is 0.429. The van der Waals surface area contributed by atoms with Gasteiger partial charge in [0.1, 0.15) is 0 Å². The van der Waals surface area contributed by atoms with Crippen LogP contribution in [0.1, 0.15) is 35.6 Å². The van der Waals surface area contributed by atoms with Gasteiger partial charge in [0.05, 0.1) is 0 Å². The van der Waals surface area contributed by atoms with E-state index >= 15 is 0 Å². The quantitative estimate of drug-likeness (QED) is 0.738. The molecule has 0 radical (unpaired) electrons.